The van der Waals surface area contributed by atoms with Crippen molar-refractivity contribution in [3.05, 3.63) is 41.6 Å². The molecule has 4 rings (SSSR count). The van der Waals surface area contributed by atoms with E-state index in [1.807, 2.05) is 18.2 Å². The van der Waals surface area contributed by atoms with Crippen LogP contribution in [0.4, 0.5) is 5.69 Å². The van der Waals surface area contributed by atoms with Crippen LogP contribution in [0.1, 0.15) is 17.7 Å². The Hall–Kier alpha value is -2.01. The molecule has 2 heterocycles. The second-order valence-electron chi connectivity index (χ2n) is 4.92. The number of fused-ring (bicyclic) bond motifs is 2. The molecular formula is C15H13N3OS. The smallest absolute Gasteiger partial charge is 0.263 e. The maximum absolute atomic E-state index is 5.74. The maximum atomic E-state index is 5.74. The van der Waals surface area contributed by atoms with Gasteiger partial charge in [0.05, 0.1) is 0 Å². The first-order valence-electron chi connectivity index (χ1n) is 6.61. The molecular weight excluding hydrogens is 270 g/mol. The first-order valence-corrected chi connectivity index (χ1v) is 7.42. The molecule has 0 bridgehead atoms. The Morgan fingerprint density at radius 1 is 1.10 bits per heavy atom. The molecule has 2 N–H and O–H groups in total. The van der Waals surface area contributed by atoms with Gasteiger partial charge < -0.3 is 10.2 Å². The van der Waals surface area contributed by atoms with Gasteiger partial charge in [-0.25, -0.2) is 9.97 Å². The highest BCUT2D eigenvalue weighted by Gasteiger charge is 2.14. The number of nitrogen functional groups attached to an aromatic ring is 1. The third-order valence-electron chi connectivity index (χ3n) is 3.49. The van der Waals surface area contributed by atoms with Crippen LogP contribution >= 0.6 is 11.8 Å². The maximum Gasteiger partial charge on any atom is 0.263 e. The van der Waals surface area contributed by atoms with Gasteiger partial charge in [0.15, 0.2) is 5.58 Å². The quantitative estimate of drug-likeness (QED) is 0.730. The lowest BCUT2D eigenvalue weighted by atomic mass is 10.2. The van der Waals surface area contributed by atoms with Crippen LogP contribution in [0, 0.1) is 0 Å². The Morgan fingerprint density at radius 3 is 3.00 bits per heavy atom. The minimum atomic E-state index is 0.607. The zero-order valence-electron chi connectivity index (χ0n) is 10.8. The largest absolute Gasteiger partial charge is 0.431 e. The second-order valence-corrected chi connectivity index (χ2v) is 5.89. The molecule has 0 unspecified atom stereocenters. The molecule has 1 aromatic carbocycles. The lowest BCUT2D eigenvalue weighted by Crippen LogP contribution is -1.89. The lowest BCUT2D eigenvalue weighted by molar-refractivity contribution is 0.489. The molecule has 0 atom stereocenters. The van der Waals surface area contributed by atoms with Gasteiger partial charge in [-0.15, -0.1) is 0 Å². The summed E-state index contributed by atoms with van der Waals surface area (Å²) in [6, 6.07) is 9.69. The van der Waals surface area contributed by atoms with Crippen molar-refractivity contribution in [1.29, 1.82) is 0 Å². The fourth-order valence-corrected chi connectivity index (χ4v) is 3.26. The molecule has 0 saturated heterocycles. The first-order chi connectivity index (χ1) is 9.78. The van der Waals surface area contributed by atoms with Crippen molar-refractivity contribution in [1.82, 2.24) is 9.97 Å². The van der Waals surface area contributed by atoms with E-state index in [1.54, 1.807) is 6.07 Å². The van der Waals surface area contributed by atoms with Crippen LogP contribution in [0.5, 0.6) is 0 Å². The molecule has 0 fully saturated rings. The summed E-state index contributed by atoms with van der Waals surface area (Å²) < 4.78 is 5.70. The first kappa shape index (κ1) is 11.8. The summed E-state index contributed by atoms with van der Waals surface area (Å²) in [5.74, 6) is 0. The number of nitrogens with two attached hydrogens (primary N) is 1. The van der Waals surface area contributed by atoms with Gasteiger partial charge in [0.25, 0.3) is 5.22 Å². The number of benzene rings is 1. The highest BCUT2D eigenvalue weighted by atomic mass is 32.2. The van der Waals surface area contributed by atoms with Gasteiger partial charge in [-0.3, -0.25) is 0 Å². The van der Waals surface area contributed by atoms with E-state index in [9.17, 15) is 0 Å². The van der Waals surface area contributed by atoms with Gasteiger partial charge in [0, 0.05) is 17.4 Å². The van der Waals surface area contributed by atoms with E-state index in [2.05, 4.69) is 16.0 Å². The van der Waals surface area contributed by atoms with Crippen LogP contribution in [-0.2, 0) is 12.8 Å². The second kappa shape index (κ2) is 4.52. The van der Waals surface area contributed by atoms with Gasteiger partial charge in [-0.2, -0.15) is 0 Å². The van der Waals surface area contributed by atoms with Crippen LogP contribution in [-0.4, -0.2) is 9.97 Å². The number of hydrogen-bond acceptors (Lipinski definition) is 5. The number of anilines is 1. The van der Waals surface area contributed by atoms with Crippen molar-refractivity contribution < 1.29 is 4.42 Å². The van der Waals surface area contributed by atoms with Crippen LogP contribution in [0.15, 0.2) is 45.0 Å². The summed E-state index contributed by atoms with van der Waals surface area (Å²) in [7, 11) is 0. The molecule has 100 valence electrons. The predicted octanol–water partition coefficient (Wildman–Crippen LogP) is 3.44. The third kappa shape index (κ3) is 2.04. The number of oxazole rings is 1. The molecule has 1 aliphatic carbocycles. The molecule has 0 aliphatic heterocycles. The van der Waals surface area contributed by atoms with Crippen LogP contribution in [0.2, 0.25) is 0 Å². The number of aryl methyl sites for hydroxylation is 2. The van der Waals surface area contributed by atoms with E-state index < -0.39 is 0 Å². The minimum Gasteiger partial charge on any atom is -0.431 e. The number of nitrogens with zero attached hydrogens (tertiary/aromatic N) is 2. The standard InChI is InChI=1S/C15H13N3OS/c16-10-5-6-12-13(8-10)19-15(18-12)20-14-7-4-9-2-1-3-11(9)17-14/h4-8H,1-3,16H2. The summed E-state index contributed by atoms with van der Waals surface area (Å²) in [4.78, 5) is 9.12. The highest BCUT2D eigenvalue weighted by molar-refractivity contribution is 7.99. The summed E-state index contributed by atoms with van der Waals surface area (Å²) in [6.07, 6.45) is 3.43. The number of pyridine rings is 1. The summed E-state index contributed by atoms with van der Waals surface area (Å²) in [5, 5.41) is 1.54. The van der Waals surface area contributed by atoms with Crippen molar-refractivity contribution in [2.45, 2.75) is 29.5 Å². The van der Waals surface area contributed by atoms with E-state index in [1.165, 1.54) is 29.4 Å². The summed E-state index contributed by atoms with van der Waals surface area (Å²) in [6.45, 7) is 0. The Bertz CT molecular complexity index is 797. The average Bonchev–Trinajstić information content (AvgIpc) is 3.03. The third-order valence-corrected chi connectivity index (χ3v) is 4.27. The zero-order chi connectivity index (χ0) is 13.5. The molecule has 4 nitrogen and oxygen atoms in total. The molecule has 3 aromatic rings. The molecule has 1 aliphatic rings. The van der Waals surface area contributed by atoms with E-state index in [0.29, 0.717) is 16.5 Å². The van der Waals surface area contributed by atoms with Crippen molar-refractivity contribution in [3.8, 4) is 0 Å². The normalized spacial score (nSPS) is 13.8. The lowest BCUT2D eigenvalue weighted by Gasteiger charge is -2.00. The van der Waals surface area contributed by atoms with E-state index >= 15 is 0 Å². The van der Waals surface area contributed by atoms with Gasteiger partial charge in [-0.05, 0) is 54.8 Å². The summed E-state index contributed by atoms with van der Waals surface area (Å²) in [5.41, 5.74) is 10.6. The number of rotatable bonds is 2. The van der Waals surface area contributed by atoms with Crippen LogP contribution in [0.3, 0.4) is 0 Å². The molecule has 0 amide bonds. The molecule has 0 saturated carbocycles. The summed E-state index contributed by atoms with van der Waals surface area (Å²) >= 11 is 1.46. The topological polar surface area (TPSA) is 64.9 Å². The van der Waals surface area contributed by atoms with E-state index in [4.69, 9.17) is 10.2 Å². The van der Waals surface area contributed by atoms with Crippen molar-refractivity contribution in [2.75, 3.05) is 5.73 Å². The van der Waals surface area contributed by atoms with Gasteiger partial charge >= 0.3 is 0 Å². The van der Waals surface area contributed by atoms with Crippen molar-refractivity contribution in [3.63, 3.8) is 0 Å². The molecule has 0 spiro atoms. The molecule has 5 heteroatoms. The van der Waals surface area contributed by atoms with E-state index in [0.717, 1.165) is 23.4 Å². The number of hydrogen-bond donors (Lipinski definition) is 1. The van der Waals surface area contributed by atoms with E-state index in [-0.39, 0.29) is 0 Å². The predicted molar refractivity (Wildman–Crippen MR) is 78.8 cm³/mol. The molecule has 2 aromatic heterocycles. The Labute approximate surface area is 120 Å². The fraction of sp³-hybridized carbons (Fsp3) is 0.200. The van der Waals surface area contributed by atoms with Crippen LogP contribution < -0.4 is 5.73 Å². The Morgan fingerprint density at radius 2 is 2.05 bits per heavy atom. The monoisotopic (exact) mass is 283 g/mol. The van der Waals surface area contributed by atoms with Crippen molar-refractivity contribution in [2.24, 2.45) is 0 Å². The van der Waals surface area contributed by atoms with Gasteiger partial charge in [-0.1, -0.05) is 6.07 Å². The SMILES string of the molecule is Nc1ccc2nc(Sc3ccc4c(n3)CCC4)oc2c1. The van der Waals surface area contributed by atoms with Gasteiger partial charge in [0.1, 0.15) is 10.5 Å². The average molecular weight is 283 g/mol. The molecule has 20 heavy (non-hydrogen) atoms. The van der Waals surface area contributed by atoms with Crippen molar-refractivity contribution >= 4 is 28.5 Å². The van der Waals surface area contributed by atoms with Crippen LogP contribution in [0.25, 0.3) is 11.1 Å². The zero-order valence-corrected chi connectivity index (χ0v) is 11.6. The van der Waals surface area contributed by atoms with Gasteiger partial charge in [0.2, 0.25) is 0 Å². The molecule has 0 radical (unpaired) electrons. The highest BCUT2D eigenvalue weighted by Crippen LogP contribution is 2.31. The number of aromatic nitrogens is 2. The fourth-order valence-electron chi connectivity index (χ4n) is 2.51. The Kier molecular flexibility index (Phi) is 2.67. The minimum absolute atomic E-state index is 0.607. The Balaban J connectivity index is 1.66.